The summed E-state index contributed by atoms with van der Waals surface area (Å²) in [4.78, 5) is 0. The summed E-state index contributed by atoms with van der Waals surface area (Å²) < 4.78 is 1.30. The van der Waals surface area contributed by atoms with Crippen molar-refractivity contribution in [2.24, 2.45) is 0 Å². The molecular weight excluding hydrogens is 284 g/mol. The minimum absolute atomic E-state index is 1.12. The van der Waals surface area contributed by atoms with Crippen molar-refractivity contribution in [2.75, 3.05) is 0 Å². The van der Waals surface area contributed by atoms with Gasteiger partial charge in [0.2, 0.25) is 0 Å². The zero-order valence-corrected chi connectivity index (χ0v) is 12.9. The van der Waals surface area contributed by atoms with Crippen LogP contribution < -0.4 is 0 Å². The molecule has 18 heavy (non-hydrogen) atoms. The predicted octanol–water partition coefficient (Wildman–Crippen LogP) is 5.92. The van der Waals surface area contributed by atoms with Crippen molar-refractivity contribution in [2.45, 2.75) is 58.3 Å². The third-order valence-electron chi connectivity index (χ3n) is 3.81. The fourth-order valence-corrected chi connectivity index (χ4v) is 3.31. The highest BCUT2D eigenvalue weighted by Crippen LogP contribution is 2.30. The molecule has 1 heteroatoms. The highest BCUT2D eigenvalue weighted by molar-refractivity contribution is 9.10. The van der Waals surface area contributed by atoms with Gasteiger partial charge in [0.15, 0.2) is 0 Å². The molecule has 1 aromatic carbocycles. The van der Waals surface area contributed by atoms with Gasteiger partial charge >= 0.3 is 0 Å². The number of fused-ring (bicyclic) bond motifs is 1. The number of hydrogen-bond donors (Lipinski definition) is 0. The molecule has 0 radical (unpaired) electrons. The number of benzene rings is 1. The topological polar surface area (TPSA) is 0 Å². The van der Waals surface area contributed by atoms with Crippen molar-refractivity contribution in [3.63, 3.8) is 0 Å². The molecule has 0 heterocycles. The van der Waals surface area contributed by atoms with Gasteiger partial charge in [-0.1, -0.05) is 73.2 Å². The summed E-state index contributed by atoms with van der Waals surface area (Å²) in [5.41, 5.74) is 4.53. The molecule has 0 nitrogen and oxygen atoms in total. The van der Waals surface area contributed by atoms with Crippen molar-refractivity contribution in [3.05, 3.63) is 39.4 Å². The van der Waals surface area contributed by atoms with E-state index in [0.29, 0.717) is 0 Å². The van der Waals surface area contributed by atoms with Crippen LogP contribution in [0.3, 0.4) is 0 Å². The maximum atomic E-state index is 3.72. The monoisotopic (exact) mass is 306 g/mol. The number of halogens is 1. The molecule has 0 fully saturated rings. The van der Waals surface area contributed by atoms with E-state index in [2.05, 4.69) is 47.1 Å². The number of allylic oxidation sites excluding steroid dienone is 1. The summed E-state index contributed by atoms with van der Waals surface area (Å²) in [7, 11) is 0. The van der Waals surface area contributed by atoms with Gasteiger partial charge in [0.25, 0.3) is 0 Å². The van der Waals surface area contributed by atoms with Crippen LogP contribution in [0, 0.1) is 0 Å². The Kier molecular flexibility index (Phi) is 5.49. The van der Waals surface area contributed by atoms with E-state index in [1.54, 1.807) is 11.1 Å². The fourth-order valence-electron chi connectivity index (χ4n) is 2.74. The highest BCUT2D eigenvalue weighted by Gasteiger charge is 2.12. The summed E-state index contributed by atoms with van der Waals surface area (Å²) in [5.74, 6) is 0. The summed E-state index contributed by atoms with van der Waals surface area (Å²) in [5, 5.41) is 0. The molecule has 0 unspecified atom stereocenters. The lowest BCUT2D eigenvalue weighted by molar-refractivity contribution is 0.606. The molecule has 0 aromatic heterocycles. The first-order valence-corrected chi connectivity index (χ1v) is 8.09. The molecule has 0 bridgehead atoms. The van der Waals surface area contributed by atoms with Crippen LogP contribution in [0.15, 0.2) is 22.7 Å². The smallest absolute Gasteiger partial charge is 0.0210 e. The Morgan fingerprint density at radius 3 is 2.67 bits per heavy atom. The van der Waals surface area contributed by atoms with Gasteiger partial charge in [0.1, 0.15) is 0 Å². The van der Waals surface area contributed by atoms with Gasteiger partial charge in [0.05, 0.1) is 0 Å². The Bertz CT molecular complexity index is 418. The van der Waals surface area contributed by atoms with Gasteiger partial charge in [-0.05, 0) is 42.0 Å². The lowest BCUT2D eigenvalue weighted by Crippen LogP contribution is -1.96. The summed E-state index contributed by atoms with van der Waals surface area (Å²) in [6.07, 6.45) is 15.1. The van der Waals surface area contributed by atoms with Gasteiger partial charge in [-0.25, -0.2) is 0 Å². The Labute approximate surface area is 120 Å². The molecule has 0 spiro atoms. The van der Waals surface area contributed by atoms with E-state index in [1.165, 1.54) is 55.0 Å². The minimum Gasteiger partial charge on any atom is -0.0795 e. The largest absolute Gasteiger partial charge is 0.0795 e. The molecule has 1 aliphatic carbocycles. The normalized spacial score (nSPS) is 13.0. The van der Waals surface area contributed by atoms with Crippen molar-refractivity contribution in [1.82, 2.24) is 0 Å². The van der Waals surface area contributed by atoms with Gasteiger partial charge in [-0.2, -0.15) is 0 Å². The van der Waals surface area contributed by atoms with Crippen LogP contribution in [-0.4, -0.2) is 0 Å². The molecule has 0 amide bonds. The molecule has 98 valence electrons. The average molecular weight is 307 g/mol. The molecule has 0 N–H and O–H groups in total. The minimum atomic E-state index is 1.12. The van der Waals surface area contributed by atoms with Gasteiger partial charge < -0.3 is 0 Å². The number of hydrogen-bond acceptors (Lipinski definition) is 0. The van der Waals surface area contributed by atoms with Crippen LogP contribution in [0.25, 0.3) is 6.08 Å². The van der Waals surface area contributed by atoms with E-state index in [-0.39, 0.29) is 0 Å². The third kappa shape index (κ3) is 3.47. The second-order valence-corrected chi connectivity index (χ2v) is 6.07. The summed E-state index contributed by atoms with van der Waals surface area (Å²) >= 11 is 3.72. The first-order chi connectivity index (χ1) is 8.83. The zero-order valence-electron chi connectivity index (χ0n) is 11.3. The summed E-state index contributed by atoms with van der Waals surface area (Å²) in [6, 6.07) is 4.44. The van der Waals surface area contributed by atoms with Crippen molar-refractivity contribution >= 4 is 22.0 Å². The Morgan fingerprint density at radius 2 is 1.83 bits per heavy atom. The Balaban J connectivity index is 1.85. The third-order valence-corrected chi connectivity index (χ3v) is 4.55. The molecule has 0 atom stereocenters. The van der Waals surface area contributed by atoms with Crippen LogP contribution in [-0.2, 0) is 12.8 Å². The van der Waals surface area contributed by atoms with E-state index < -0.39 is 0 Å². The fraction of sp³-hybridized carbons (Fsp3) is 0.529. The molecule has 1 aromatic rings. The van der Waals surface area contributed by atoms with Crippen LogP contribution in [0.2, 0.25) is 0 Å². The maximum absolute atomic E-state index is 3.72. The molecule has 2 rings (SSSR count). The van der Waals surface area contributed by atoms with E-state index in [1.807, 2.05) is 0 Å². The molecule has 0 saturated heterocycles. The van der Waals surface area contributed by atoms with Crippen LogP contribution >= 0.6 is 15.9 Å². The molecule has 1 aliphatic rings. The van der Waals surface area contributed by atoms with E-state index in [9.17, 15) is 0 Å². The van der Waals surface area contributed by atoms with E-state index in [4.69, 9.17) is 0 Å². The number of unbranched alkanes of at least 4 members (excludes halogenated alkanes) is 5. The van der Waals surface area contributed by atoms with Crippen molar-refractivity contribution in [1.29, 1.82) is 0 Å². The SMILES string of the molecule is CCCCCCCCc1c(Br)ccc2c1CC=C2. The van der Waals surface area contributed by atoms with Crippen molar-refractivity contribution < 1.29 is 0 Å². The van der Waals surface area contributed by atoms with Crippen LogP contribution in [0.1, 0.15) is 62.1 Å². The quantitative estimate of drug-likeness (QED) is 0.548. The van der Waals surface area contributed by atoms with Gasteiger partial charge in [-0.3, -0.25) is 0 Å². The van der Waals surface area contributed by atoms with Crippen LogP contribution in [0.5, 0.6) is 0 Å². The Morgan fingerprint density at radius 1 is 1.06 bits per heavy atom. The van der Waals surface area contributed by atoms with Crippen molar-refractivity contribution in [3.8, 4) is 0 Å². The maximum Gasteiger partial charge on any atom is 0.0210 e. The molecule has 0 saturated carbocycles. The highest BCUT2D eigenvalue weighted by atomic mass is 79.9. The van der Waals surface area contributed by atoms with E-state index >= 15 is 0 Å². The second kappa shape index (κ2) is 7.13. The first kappa shape index (κ1) is 13.9. The first-order valence-electron chi connectivity index (χ1n) is 7.29. The molecule has 0 aliphatic heterocycles. The number of rotatable bonds is 7. The second-order valence-electron chi connectivity index (χ2n) is 5.22. The van der Waals surface area contributed by atoms with E-state index in [0.717, 1.165) is 6.42 Å². The zero-order chi connectivity index (χ0) is 12.8. The lowest BCUT2D eigenvalue weighted by atomic mass is 9.97. The summed E-state index contributed by atoms with van der Waals surface area (Å²) in [6.45, 7) is 2.28. The van der Waals surface area contributed by atoms with Gasteiger partial charge in [-0.15, -0.1) is 0 Å². The predicted molar refractivity (Wildman–Crippen MR) is 84.0 cm³/mol. The standard InChI is InChI=1S/C17H23Br/c1-2-3-4-5-6-7-10-16-15-11-8-9-14(15)12-13-17(16)18/h8-9,12-13H,2-7,10-11H2,1H3. The Hall–Kier alpha value is -0.560. The van der Waals surface area contributed by atoms with Gasteiger partial charge in [0, 0.05) is 4.47 Å². The average Bonchev–Trinajstić information content (AvgIpc) is 2.84. The lowest BCUT2D eigenvalue weighted by Gasteiger charge is -2.11. The molecular formula is C17H23Br. The van der Waals surface area contributed by atoms with Crippen LogP contribution in [0.4, 0.5) is 0 Å².